The third-order valence-corrected chi connectivity index (χ3v) is 14.1. The standard InChI is InChI=1S/C47H49FN4O6/c1-57-41-23-40(38(48)21-36(41)44-33(29-5-3-2-4-6-29)9-7-30-19-32(53)8-10-34(30)44)51-24-28(25-51)13-16-50-17-14-47(15-18-50)27-58-42-22-35-31(20-37(42)47)26-52(46(35)56)39-11-12-43(54)49-45(39)55/h2-6,8,10,19-23,28,33,39,44,53H,7,9,11-18,24-27H2,1H3,(H,49,54,55)/t33-,39+,44+/m1/s1. The second kappa shape index (κ2) is 14.4. The number of imide groups is 1. The zero-order chi connectivity index (χ0) is 39.7. The van der Waals surface area contributed by atoms with Crippen LogP contribution < -0.4 is 19.7 Å². The largest absolute Gasteiger partial charge is 0.508 e. The Balaban J connectivity index is 0.772. The van der Waals surface area contributed by atoms with Crippen molar-refractivity contribution in [1.29, 1.82) is 0 Å². The number of nitrogens with one attached hydrogen (secondary N) is 1. The van der Waals surface area contributed by atoms with Crippen molar-refractivity contribution in [2.24, 2.45) is 5.92 Å². The van der Waals surface area contributed by atoms with Gasteiger partial charge in [0, 0.05) is 60.1 Å². The van der Waals surface area contributed by atoms with E-state index in [0.717, 1.165) is 92.8 Å². The molecule has 3 saturated heterocycles. The number of fused-ring (bicyclic) bond motifs is 4. The minimum atomic E-state index is -0.633. The summed E-state index contributed by atoms with van der Waals surface area (Å²) in [6, 6.07) is 23.0. The number of benzene rings is 4. The van der Waals surface area contributed by atoms with Crippen LogP contribution >= 0.6 is 0 Å². The van der Waals surface area contributed by atoms with Crippen LogP contribution in [-0.4, -0.2) is 85.1 Å². The number of anilines is 1. The molecule has 0 saturated carbocycles. The molecule has 4 aromatic rings. The van der Waals surface area contributed by atoms with Gasteiger partial charge in [-0.2, -0.15) is 0 Å². The molecule has 2 N–H and O–H groups in total. The fourth-order valence-corrected chi connectivity index (χ4v) is 10.8. The Morgan fingerprint density at radius 3 is 2.52 bits per heavy atom. The van der Waals surface area contributed by atoms with Gasteiger partial charge in [0.2, 0.25) is 11.8 Å². The number of nitrogens with zero attached hydrogens (tertiary/aromatic N) is 3. The Morgan fingerprint density at radius 2 is 1.74 bits per heavy atom. The number of halogens is 1. The summed E-state index contributed by atoms with van der Waals surface area (Å²) in [5.74, 6) is 1.14. The minimum Gasteiger partial charge on any atom is -0.508 e. The van der Waals surface area contributed by atoms with Crippen molar-refractivity contribution >= 4 is 23.4 Å². The molecule has 6 aliphatic rings. The third-order valence-electron chi connectivity index (χ3n) is 14.1. The van der Waals surface area contributed by atoms with Crippen molar-refractivity contribution in [3.8, 4) is 17.2 Å². The number of piperidine rings is 2. The smallest absolute Gasteiger partial charge is 0.255 e. The van der Waals surface area contributed by atoms with Gasteiger partial charge in [0.1, 0.15) is 29.1 Å². The van der Waals surface area contributed by atoms with Crippen LogP contribution in [0.25, 0.3) is 0 Å². The molecule has 58 heavy (non-hydrogen) atoms. The van der Waals surface area contributed by atoms with E-state index < -0.39 is 11.9 Å². The number of phenolic OH excluding ortho intramolecular Hbond substituents is 1. The van der Waals surface area contributed by atoms with E-state index in [1.165, 1.54) is 11.1 Å². The average Bonchev–Trinajstić information content (AvgIpc) is 3.72. The summed E-state index contributed by atoms with van der Waals surface area (Å²) in [7, 11) is 1.67. The number of likely N-dealkylation sites (tertiary alicyclic amines) is 1. The van der Waals surface area contributed by atoms with Gasteiger partial charge in [0.25, 0.3) is 5.91 Å². The van der Waals surface area contributed by atoms with Crippen LogP contribution in [0, 0.1) is 11.7 Å². The molecule has 0 bridgehead atoms. The summed E-state index contributed by atoms with van der Waals surface area (Å²) in [6.07, 6.45) is 5.30. The Kier molecular flexibility index (Phi) is 9.19. The van der Waals surface area contributed by atoms with Crippen LogP contribution in [0.4, 0.5) is 10.1 Å². The highest BCUT2D eigenvalue weighted by molar-refractivity contribution is 6.05. The van der Waals surface area contributed by atoms with Gasteiger partial charge in [-0.3, -0.25) is 19.7 Å². The monoisotopic (exact) mass is 784 g/mol. The van der Waals surface area contributed by atoms with Crippen LogP contribution in [0.5, 0.6) is 17.2 Å². The van der Waals surface area contributed by atoms with Gasteiger partial charge in [-0.05, 0) is 123 Å². The quantitative estimate of drug-likeness (QED) is 0.197. The fraction of sp³-hybridized carbons (Fsp3) is 0.426. The normalized spacial score (nSPS) is 23.9. The minimum absolute atomic E-state index is 0.0927. The molecule has 4 aromatic carbocycles. The van der Waals surface area contributed by atoms with Gasteiger partial charge in [0.15, 0.2) is 0 Å². The highest BCUT2D eigenvalue weighted by Crippen LogP contribution is 2.51. The van der Waals surface area contributed by atoms with Gasteiger partial charge in [-0.1, -0.05) is 36.4 Å². The summed E-state index contributed by atoms with van der Waals surface area (Å²) >= 11 is 0. The Labute approximate surface area is 337 Å². The fourth-order valence-electron chi connectivity index (χ4n) is 10.8. The van der Waals surface area contributed by atoms with Gasteiger partial charge in [0.05, 0.1) is 19.4 Å². The van der Waals surface area contributed by atoms with E-state index in [2.05, 4.69) is 45.4 Å². The molecule has 3 fully saturated rings. The molecule has 0 aromatic heterocycles. The van der Waals surface area contributed by atoms with E-state index in [9.17, 15) is 19.5 Å². The van der Waals surface area contributed by atoms with Crippen LogP contribution in [0.1, 0.15) is 94.1 Å². The van der Waals surface area contributed by atoms with Crippen LogP contribution in [0.2, 0.25) is 0 Å². The lowest BCUT2D eigenvalue weighted by atomic mass is 9.69. The van der Waals surface area contributed by atoms with Crippen molar-refractivity contribution in [3.05, 3.63) is 118 Å². The van der Waals surface area contributed by atoms with Crippen LogP contribution in [0.15, 0.2) is 72.8 Å². The highest BCUT2D eigenvalue weighted by atomic mass is 19.1. The van der Waals surface area contributed by atoms with Crippen LogP contribution in [-0.2, 0) is 28.0 Å². The number of aromatic hydroxyl groups is 1. The lowest BCUT2D eigenvalue weighted by Gasteiger charge is -2.43. The van der Waals surface area contributed by atoms with Crippen LogP contribution in [0.3, 0.4) is 0 Å². The first-order chi connectivity index (χ1) is 28.2. The maximum Gasteiger partial charge on any atom is 0.255 e. The first-order valence-electron chi connectivity index (χ1n) is 20.8. The van der Waals surface area contributed by atoms with Gasteiger partial charge in [-0.15, -0.1) is 0 Å². The van der Waals surface area contributed by atoms with E-state index in [0.29, 0.717) is 42.5 Å². The van der Waals surface area contributed by atoms with E-state index in [4.69, 9.17) is 9.47 Å². The Morgan fingerprint density at radius 1 is 0.931 bits per heavy atom. The summed E-state index contributed by atoms with van der Waals surface area (Å²) in [4.78, 5) is 43.9. The zero-order valence-electron chi connectivity index (χ0n) is 32.8. The van der Waals surface area contributed by atoms with Crippen molar-refractivity contribution in [2.75, 3.05) is 51.3 Å². The molecule has 11 heteroatoms. The molecule has 300 valence electrons. The van der Waals surface area contributed by atoms with Gasteiger partial charge >= 0.3 is 0 Å². The summed E-state index contributed by atoms with van der Waals surface area (Å²) in [5, 5.41) is 12.7. The first kappa shape index (κ1) is 36.9. The molecule has 1 spiro atoms. The molecule has 0 radical (unpaired) electrons. The average molecular weight is 785 g/mol. The second-order valence-electron chi connectivity index (χ2n) is 17.3. The number of carbonyl (C=O) groups excluding carboxylic acids is 3. The van der Waals surface area contributed by atoms with Crippen molar-refractivity contribution < 1.29 is 33.4 Å². The molecule has 0 unspecified atom stereocenters. The number of hydrogen-bond acceptors (Lipinski definition) is 8. The van der Waals surface area contributed by atoms with Crippen molar-refractivity contribution in [3.63, 3.8) is 0 Å². The molecule has 10 nitrogen and oxygen atoms in total. The lowest BCUT2D eigenvalue weighted by Crippen LogP contribution is -2.52. The zero-order valence-corrected chi connectivity index (χ0v) is 32.8. The number of phenols is 1. The van der Waals surface area contributed by atoms with E-state index in [1.54, 1.807) is 24.1 Å². The van der Waals surface area contributed by atoms with Crippen molar-refractivity contribution in [2.45, 2.75) is 74.8 Å². The summed E-state index contributed by atoms with van der Waals surface area (Å²) in [5.41, 5.74) is 7.45. The first-order valence-corrected chi connectivity index (χ1v) is 20.8. The Hall–Kier alpha value is -5.42. The molecule has 1 aliphatic carbocycles. The molecule has 10 rings (SSSR count). The van der Waals surface area contributed by atoms with Gasteiger partial charge in [-0.25, -0.2) is 4.39 Å². The SMILES string of the molecule is COc1cc(N2CC(CCN3CCC4(CC3)COc3cc5c(cc34)CN([C@H]3CCC(=O)NC3=O)C5=O)C2)c(F)cc1[C@@H]1c2ccc(O)cc2CC[C@@H]1c1ccccc1. The van der Waals surface area contributed by atoms with E-state index >= 15 is 4.39 Å². The maximum atomic E-state index is 16.2. The molecule has 3 amide bonds. The predicted octanol–water partition coefficient (Wildman–Crippen LogP) is 6.42. The predicted molar refractivity (Wildman–Crippen MR) is 216 cm³/mol. The maximum absolute atomic E-state index is 16.2. The third kappa shape index (κ3) is 6.29. The molecule has 3 atom stereocenters. The number of rotatable bonds is 8. The topological polar surface area (TPSA) is 112 Å². The Bertz CT molecular complexity index is 2300. The number of carbonyl (C=O) groups is 3. The molecular weight excluding hydrogens is 736 g/mol. The molecule has 5 aliphatic heterocycles. The number of hydrogen-bond donors (Lipinski definition) is 2. The number of methoxy groups -OCH3 is 1. The second-order valence-corrected chi connectivity index (χ2v) is 17.3. The van der Waals surface area contributed by atoms with E-state index in [1.807, 2.05) is 30.3 Å². The summed E-state index contributed by atoms with van der Waals surface area (Å²) in [6.45, 7) is 5.48. The van der Waals surface area contributed by atoms with Gasteiger partial charge < -0.3 is 29.3 Å². The number of amides is 3. The van der Waals surface area contributed by atoms with Crippen molar-refractivity contribution in [1.82, 2.24) is 15.1 Å². The number of aryl methyl sites for hydroxylation is 1. The molecular formula is C47H49FN4O6. The summed E-state index contributed by atoms with van der Waals surface area (Å²) < 4.78 is 28.5. The number of ether oxygens (including phenoxy) is 2. The highest BCUT2D eigenvalue weighted by Gasteiger charge is 2.46. The molecule has 5 heterocycles. The lowest BCUT2D eigenvalue weighted by molar-refractivity contribution is -0.136. The van der Waals surface area contributed by atoms with E-state index in [-0.39, 0.29) is 47.1 Å².